The molecule has 3 N–H and O–H groups in total. The van der Waals surface area contributed by atoms with Crippen molar-refractivity contribution in [1.82, 2.24) is 9.97 Å². The summed E-state index contributed by atoms with van der Waals surface area (Å²) < 4.78 is 5.09. The number of phenolic OH excluding ortho intramolecular Hbond substituents is 2. The van der Waals surface area contributed by atoms with Crippen LogP contribution in [-0.2, 0) is 11.2 Å². The zero-order valence-electron chi connectivity index (χ0n) is 14.8. The summed E-state index contributed by atoms with van der Waals surface area (Å²) in [6.45, 7) is 0. The largest absolute Gasteiger partial charge is 0.504 e. The number of thiazole rings is 1. The Hall–Kier alpha value is -3.64. The number of anilines is 1. The monoisotopic (exact) mass is 396 g/mol. The van der Waals surface area contributed by atoms with E-state index < -0.39 is 11.8 Å². The summed E-state index contributed by atoms with van der Waals surface area (Å²) in [4.78, 5) is 21.1. The quantitative estimate of drug-likeness (QED) is 0.546. The Labute approximate surface area is 164 Å². The molecule has 1 atom stereocenters. The number of aromatic nitrogens is 2. The first kappa shape index (κ1) is 19.1. The van der Waals surface area contributed by atoms with Crippen molar-refractivity contribution in [2.24, 2.45) is 5.92 Å². The number of carbonyl (C=O) groups is 1. The van der Waals surface area contributed by atoms with E-state index in [2.05, 4.69) is 15.3 Å². The topological polar surface area (TPSA) is 128 Å². The number of rotatable bonds is 6. The van der Waals surface area contributed by atoms with E-state index in [0.717, 1.165) is 0 Å². The number of pyridine rings is 1. The van der Waals surface area contributed by atoms with Gasteiger partial charge in [-0.05, 0) is 30.2 Å². The number of aromatic hydroxyl groups is 2. The van der Waals surface area contributed by atoms with E-state index >= 15 is 0 Å². The third kappa shape index (κ3) is 4.36. The standard InChI is InChI=1S/C19H16N4O4S/c1-27-17-4-2-3-13(21-17)14-10-28-19(22-14)23-18(26)12(9-20)7-11-5-6-15(24)16(25)8-11/h2-6,8,10,12,24-25H,7H2,1H3,(H,22,23,26). The number of hydrogen-bond acceptors (Lipinski definition) is 8. The summed E-state index contributed by atoms with van der Waals surface area (Å²) in [6, 6.07) is 11.4. The van der Waals surface area contributed by atoms with Crippen LogP contribution in [0.3, 0.4) is 0 Å². The van der Waals surface area contributed by atoms with Crippen molar-refractivity contribution in [2.75, 3.05) is 12.4 Å². The van der Waals surface area contributed by atoms with Crippen LogP contribution in [0.2, 0.25) is 0 Å². The van der Waals surface area contributed by atoms with Crippen molar-refractivity contribution < 1.29 is 19.7 Å². The predicted molar refractivity (Wildman–Crippen MR) is 103 cm³/mol. The van der Waals surface area contributed by atoms with E-state index in [0.29, 0.717) is 28.0 Å². The first-order chi connectivity index (χ1) is 13.5. The normalized spacial score (nSPS) is 11.4. The highest BCUT2D eigenvalue weighted by molar-refractivity contribution is 7.14. The zero-order chi connectivity index (χ0) is 20.1. The molecule has 9 heteroatoms. The molecule has 0 spiro atoms. The van der Waals surface area contributed by atoms with Crippen LogP contribution in [-0.4, -0.2) is 33.2 Å². The SMILES string of the molecule is COc1cccc(-c2csc(NC(=O)C(C#N)Cc3ccc(O)c(O)c3)n2)n1. The van der Waals surface area contributed by atoms with Gasteiger partial charge < -0.3 is 20.3 Å². The molecule has 0 radical (unpaired) electrons. The van der Waals surface area contributed by atoms with Gasteiger partial charge in [0.25, 0.3) is 0 Å². The Morgan fingerprint density at radius 2 is 2.07 bits per heavy atom. The van der Waals surface area contributed by atoms with E-state index in [9.17, 15) is 20.3 Å². The number of carbonyl (C=O) groups excluding carboxylic acids is 1. The van der Waals surface area contributed by atoms with E-state index in [1.54, 1.807) is 29.6 Å². The number of nitriles is 1. The Balaban J connectivity index is 1.70. The van der Waals surface area contributed by atoms with Crippen molar-refractivity contribution in [1.29, 1.82) is 5.26 Å². The third-order valence-corrected chi connectivity index (χ3v) is 4.64. The highest BCUT2D eigenvalue weighted by Crippen LogP contribution is 2.27. The van der Waals surface area contributed by atoms with Crippen molar-refractivity contribution >= 4 is 22.4 Å². The fourth-order valence-electron chi connectivity index (χ4n) is 2.44. The second-order valence-corrected chi connectivity index (χ2v) is 6.66. The Morgan fingerprint density at radius 1 is 1.25 bits per heavy atom. The molecule has 2 heterocycles. The number of nitrogens with zero attached hydrogens (tertiary/aromatic N) is 3. The van der Waals surface area contributed by atoms with Gasteiger partial charge in [0.05, 0.1) is 18.9 Å². The minimum atomic E-state index is -0.980. The summed E-state index contributed by atoms with van der Waals surface area (Å²) in [5.41, 5.74) is 1.74. The second kappa shape index (κ2) is 8.37. The lowest BCUT2D eigenvalue weighted by Gasteiger charge is -2.09. The summed E-state index contributed by atoms with van der Waals surface area (Å²) in [5, 5.41) is 33.0. The van der Waals surface area contributed by atoms with Gasteiger partial charge in [-0.25, -0.2) is 9.97 Å². The molecule has 2 aromatic heterocycles. The van der Waals surface area contributed by atoms with Gasteiger partial charge in [0.15, 0.2) is 16.6 Å². The molecule has 0 aliphatic rings. The molecule has 1 amide bonds. The molecule has 0 fully saturated rings. The Kier molecular flexibility index (Phi) is 5.72. The molecule has 8 nitrogen and oxygen atoms in total. The molecule has 142 valence electrons. The number of phenols is 2. The summed E-state index contributed by atoms with van der Waals surface area (Å²) in [5.74, 6) is -1.59. The lowest BCUT2D eigenvalue weighted by atomic mass is 9.99. The number of nitrogens with one attached hydrogen (secondary N) is 1. The van der Waals surface area contributed by atoms with Gasteiger partial charge in [0, 0.05) is 11.4 Å². The van der Waals surface area contributed by atoms with Crippen LogP contribution in [0.15, 0.2) is 41.8 Å². The van der Waals surface area contributed by atoms with Crippen LogP contribution in [0, 0.1) is 17.2 Å². The van der Waals surface area contributed by atoms with Crippen molar-refractivity contribution in [3.63, 3.8) is 0 Å². The molecule has 3 rings (SSSR count). The molecule has 28 heavy (non-hydrogen) atoms. The van der Waals surface area contributed by atoms with E-state index in [1.165, 1.54) is 30.6 Å². The first-order valence-corrected chi connectivity index (χ1v) is 9.06. The van der Waals surface area contributed by atoms with Gasteiger partial charge in [-0.3, -0.25) is 4.79 Å². The lowest BCUT2D eigenvalue weighted by Crippen LogP contribution is -2.23. The van der Waals surface area contributed by atoms with Crippen LogP contribution in [0.25, 0.3) is 11.4 Å². The second-order valence-electron chi connectivity index (χ2n) is 5.80. The minimum Gasteiger partial charge on any atom is -0.504 e. The molecule has 0 aliphatic carbocycles. The molecule has 1 aromatic carbocycles. The van der Waals surface area contributed by atoms with E-state index in [4.69, 9.17) is 4.74 Å². The average molecular weight is 396 g/mol. The zero-order valence-corrected chi connectivity index (χ0v) is 15.6. The van der Waals surface area contributed by atoms with Gasteiger partial charge in [0.1, 0.15) is 11.6 Å². The fourth-order valence-corrected chi connectivity index (χ4v) is 3.15. The van der Waals surface area contributed by atoms with Crippen LogP contribution < -0.4 is 10.1 Å². The molecule has 0 saturated carbocycles. The number of ether oxygens (including phenoxy) is 1. The van der Waals surface area contributed by atoms with Crippen LogP contribution >= 0.6 is 11.3 Å². The lowest BCUT2D eigenvalue weighted by molar-refractivity contribution is -0.118. The van der Waals surface area contributed by atoms with Crippen molar-refractivity contribution in [2.45, 2.75) is 6.42 Å². The molecular formula is C19H16N4O4S. The number of benzene rings is 1. The van der Waals surface area contributed by atoms with Gasteiger partial charge in [-0.15, -0.1) is 11.3 Å². The molecule has 1 unspecified atom stereocenters. The van der Waals surface area contributed by atoms with Gasteiger partial charge in [-0.2, -0.15) is 5.26 Å². The summed E-state index contributed by atoms with van der Waals surface area (Å²) in [7, 11) is 1.52. The fraction of sp³-hybridized carbons (Fsp3) is 0.158. The van der Waals surface area contributed by atoms with Crippen molar-refractivity contribution in [3.05, 3.63) is 47.3 Å². The maximum Gasteiger partial charge on any atom is 0.243 e. The minimum absolute atomic E-state index is 0.0891. The van der Waals surface area contributed by atoms with Gasteiger partial charge in [-0.1, -0.05) is 12.1 Å². The van der Waals surface area contributed by atoms with E-state index in [-0.39, 0.29) is 17.9 Å². The highest BCUT2D eigenvalue weighted by atomic mass is 32.1. The number of amides is 1. The molecule has 0 bridgehead atoms. The number of hydrogen-bond donors (Lipinski definition) is 3. The maximum atomic E-state index is 12.4. The Morgan fingerprint density at radius 3 is 2.79 bits per heavy atom. The van der Waals surface area contributed by atoms with Gasteiger partial charge >= 0.3 is 0 Å². The van der Waals surface area contributed by atoms with Crippen LogP contribution in [0.4, 0.5) is 5.13 Å². The predicted octanol–water partition coefficient (Wildman–Crippen LogP) is 2.95. The maximum absolute atomic E-state index is 12.4. The van der Waals surface area contributed by atoms with Crippen molar-refractivity contribution in [3.8, 4) is 34.8 Å². The molecule has 3 aromatic rings. The third-order valence-electron chi connectivity index (χ3n) is 3.88. The van der Waals surface area contributed by atoms with Crippen LogP contribution in [0.5, 0.6) is 17.4 Å². The molecular weight excluding hydrogens is 380 g/mol. The highest BCUT2D eigenvalue weighted by Gasteiger charge is 2.20. The molecule has 0 aliphatic heterocycles. The summed E-state index contributed by atoms with van der Waals surface area (Å²) in [6.07, 6.45) is 0.0891. The Bertz CT molecular complexity index is 1040. The van der Waals surface area contributed by atoms with Crippen LogP contribution in [0.1, 0.15) is 5.56 Å². The summed E-state index contributed by atoms with van der Waals surface area (Å²) >= 11 is 1.22. The number of methoxy groups -OCH3 is 1. The molecule has 0 saturated heterocycles. The first-order valence-electron chi connectivity index (χ1n) is 8.18. The average Bonchev–Trinajstić information content (AvgIpc) is 3.17. The van der Waals surface area contributed by atoms with E-state index in [1.807, 2.05) is 6.07 Å². The smallest absolute Gasteiger partial charge is 0.243 e. The van der Waals surface area contributed by atoms with Gasteiger partial charge in [0.2, 0.25) is 11.8 Å².